The first-order valence-electron chi connectivity index (χ1n) is 11.6. The lowest BCUT2D eigenvalue weighted by atomic mass is 9.96. The van der Waals surface area contributed by atoms with E-state index in [4.69, 9.17) is 5.41 Å². The molecule has 9 nitrogen and oxygen atoms in total. The second kappa shape index (κ2) is 10.4. The largest absolute Gasteiger partial charge is 0.416 e. The van der Waals surface area contributed by atoms with Crippen LogP contribution in [0, 0.1) is 11.2 Å². The van der Waals surface area contributed by atoms with Gasteiger partial charge in [0.15, 0.2) is 5.84 Å². The Bertz CT molecular complexity index is 1420. The molecule has 2 aromatic rings. The molecule has 0 radical (unpaired) electrons. The smallest absolute Gasteiger partial charge is 0.382 e. The summed E-state index contributed by atoms with van der Waals surface area (Å²) in [6.45, 7) is 2.86. The number of alkyl halides is 3. The summed E-state index contributed by atoms with van der Waals surface area (Å²) in [5.41, 5.74) is -0.839. The van der Waals surface area contributed by atoms with Gasteiger partial charge in [-0.1, -0.05) is 18.2 Å². The highest BCUT2D eigenvalue weighted by Crippen LogP contribution is 2.37. The number of benzene rings is 2. The van der Waals surface area contributed by atoms with Crippen molar-refractivity contribution < 1.29 is 27.5 Å². The lowest BCUT2D eigenvalue weighted by Gasteiger charge is -2.23. The second-order valence-electron chi connectivity index (χ2n) is 9.31. The molecule has 1 amide bonds. The number of aliphatic hydroxyl groups is 1. The van der Waals surface area contributed by atoms with E-state index in [9.17, 15) is 23.1 Å². The number of carbonyl (C=O) groups is 1. The third-order valence-corrected chi connectivity index (χ3v) is 5.72. The zero-order valence-corrected chi connectivity index (χ0v) is 21.1. The molecular formula is C26H25F4N7O2. The van der Waals surface area contributed by atoms with Gasteiger partial charge in [-0.15, -0.1) is 0 Å². The maximum absolute atomic E-state index is 15.0. The van der Waals surface area contributed by atoms with E-state index in [-0.39, 0.29) is 34.7 Å². The van der Waals surface area contributed by atoms with Crippen LogP contribution < -0.4 is 16.1 Å². The lowest BCUT2D eigenvalue weighted by molar-refractivity contribution is -0.138. The summed E-state index contributed by atoms with van der Waals surface area (Å²) in [5, 5.41) is 25.4. The number of para-hydroxylation sites is 1. The van der Waals surface area contributed by atoms with Crippen LogP contribution in [0.15, 0.2) is 76.2 Å². The van der Waals surface area contributed by atoms with Gasteiger partial charge in [0.25, 0.3) is 5.91 Å². The van der Waals surface area contributed by atoms with Gasteiger partial charge in [0.2, 0.25) is 0 Å². The maximum atomic E-state index is 15.0. The first kappa shape index (κ1) is 27.7. The van der Waals surface area contributed by atoms with Crippen LogP contribution in [0.2, 0.25) is 0 Å². The van der Waals surface area contributed by atoms with Gasteiger partial charge in [0.05, 0.1) is 23.4 Å². The van der Waals surface area contributed by atoms with Gasteiger partial charge in [-0.3, -0.25) is 10.2 Å². The van der Waals surface area contributed by atoms with E-state index in [1.807, 2.05) is 0 Å². The average molecular weight is 544 g/mol. The van der Waals surface area contributed by atoms with Crippen LogP contribution in [0.1, 0.15) is 41.4 Å². The van der Waals surface area contributed by atoms with Crippen molar-refractivity contribution in [3.63, 3.8) is 0 Å². The predicted molar refractivity (Wildman–Crippen MR) is 139 cm³/mol. The van der Waals surface area contributed by atoms with Crippen molar-refractivity contribution >= 4 is 29.4 Å². The van der Waals surface area contributed by atoms with Crippen LogP contribution in [0.3, 0.4) is 0 Å². The van der Waals surface area contributed by atoms with E-state index in [1.54, 1.807) is 37.4 Å². The first-order valence-corrected chi connectivity index (χ1v) is 11.6. The average Bonchev–Trinajstić information content (AvgIpc) is 3.29. The van der Waals surface area contributed by atoms with Crippen LogP contribution in [-0.4, -0.2) is 46.4 Å². The van der Waals surface area contributed by atoms with Crippen molar-refractivity contribution in [3.05, 3.63) is 88.8 Å². The number of amidine groups is 1. The number of halogens is 4. The molecule has 1 atom stereocenters. The second-order valence-corrected chi connectivity index (χ2v) is 9.31. The Morgan fingerprint density at radius 2 is 1.87 bits per heavy atom. The molecule has 4 rings (SSSR count). The molecule has 0 fully saturated rings. The molecule has 0 aliphatic carbocycles. The van der Waals surface area contributed by atoms with Crippen LogP contribution >= 0.6 is 0 Å². The number of hydrazine groups is 1. The molecule has 0 saturated heterocycles. The zero-order valence-electron chi connectivity index (χ0n) is 21.1. The third-order valence-electron chi connectivity index (χ3n) is 5.72. The monoisotopic (exact) mass is 543 g/mol. The van der Waals surface area contributed by atoms with Crippen LogP contribution in [0.25, 0.3) is 0 Å². The SMILES string of the molecule is CN1C=CC(c2cc(C(=O)N/C(Nc3ccccc3)=C3\N=C(C(C)(C)O)N=CC3=N)c(F)cc2C(F)(F)F)N1. The minimum Gasteiger partial charge on any atom is -0.382 e. The summed E-state index contributed by atoms with van der Waals surface area (Å²) in [6.07, 6.45) is -0.790. The van der Waals surface area contributed by atoms with Gasteiger partial charge in [-0.25, -0.2) is 19.8 Å². The molecule has 2 aliphatic rings. The highest BCUT2D eigenvalue weighted by molar-refractivity contribution is 6.40. The molecule has 2 heterocycles. The normalized spacial score (nSPS) is 18.8. The minimum absolute atomic E-state index is 0.0543. The minimum atomic E-state index is -4.87. The van der Waals surface area contributed by atoms with Gasteiger partial charge in [-0.05, 0) is 49.8 Å². The van der Waals surface area contributed by atoms with Crippen LogP contribution in [0.5, 0.6) is 0 Å². The number of rotatable bonds is 6. The molecule has 0 saturated carbocycles. The topological polar surface area (TPSA) is 125 Å². The van der Waals surface area contributed by atoms with Crippen molar-refractivity contribution in [2.24, 2.45) is 9.98 Å². The van der Waals surface area contributed by atoms with Crippen LogP contribution in [0.4, 0.5) is 23.2 Å². The highest BCUT2D eigenvalue weighted by Gasteiger charge is 2.38. The summed E-state index contributed by atoms with van der Waals surface area (Å²) in [5.74, 6) is -2.69. The fourth-order valence-electron chi connectivity index (χ4n) is 3.82. The molecule has 0 bridgehead atoms. The number of anilines is 1. The van der Waals surface area contributed by atoms with Crippen molar-refractivity contribution in [1.29, 1.82) is 5.41 Å². The van der Waals surface area contributed by atoms with E-state index in [0.29, 0.717) is 5.69 Å². The zero-order chi connectivity index (χ0) is 28.5. The Hall–Kier alpha value is -4.36. The molecule has 39 heavy (non-hydrogen) atoms. The number of nitrogens with one attached hydrogen (secondary N) is 4. The van der Waals surface area contributed by atoms with Gasteiger partial charge in [-0.2, -0.15) is 13.2 Å². The molecule has 5 N–H and O–H groups in total. The molecule has 1 unspecified atom stereocenters. The van der Waals surface area contributed by atoms with Gasteiger partial charge >= 0.3 is 6.18 Å². The van der Waals surface area contributed by atoms with Crippen molar-refractivity contribution in [2.45, 2.75) is 31.7 Å². The third kappa shape index (κ3) is 6.21. The number of aliphatic imine (C=N–C) groups is 2. The molecule has 204 valence electrons. The van der Waals surface area contributed by atoms with Crippen LogP contribution in [-0.2, 0) is 6.18 Å². The quantitative estimate of drug-likeness (QED) is 0.351. The summed E-state index contributed by atoms with van der Waals surface area (Å²) in [4.78, 5) is 21.5. The van der Waals surface area contributed by atoms with Crippen molar-refractivity contribution in [1.82, 2.24) is 15.8 Å². The van der Waals surface area contributed by atoms with E-state index in [1.165, 1.54) is 31.1 Å². The van der Waals surface area contributed by atoms with Gasteiger partial charge < -0.3 is 20.7 Å². The molecule has 0 aromatic heterocycles. The number of carbonyl (C=O) groups excluding carboxylic acids is 1. The summed E-state index contributed by atoms with van der Waals surface area (Å²) < 4.78 is 56.3. The van der Waals surface area contributed by atoms with Gasteiger partial charge in [0, 0.05) is 18.9 Å². The number of amides is 1. The van der Waals surface area contributed by atoms with E-state index in [0.717, 1.165) is 12.3 Å². The Balaban J connectivity index is 1.79. The van der Waals surface area contributed by atoms with E-state index in [2.05, 4.69) is 26.0 Å². The standard InChI is InChI=1S/C26H25F4N7O2/c1-25(2,39)24-32-13-19(31)21(34-24)22(33-14-7-5-4-6-8-14)35-23(38)16-11-15(20-9-10-37(3)36-20)17(12-18(16)27)26(28,29)30/h4-13,20,31,33,36,39H,1-3H3,(H,35,38)/b22-21-,31-19?. The Morgan fingerprint density at radius 3 is 2.46 bits per heavy atom. The molecule has 2 aromatic carbocycles. The molecular weight excluding hydrogens is 518 g/mol. The van der Waals surface area contributed by atoms with Gasteiger partial charge in [0.1, 0.15) is 28.6 Å². The van der Waals surface area contributed by atoms with E-state index < -0.39 is 40.7 Å². The summed E-state index contributed by atoms with van der Waals surface area (Å²) >= 11 is 0. The highest BCUT2D eigenvalue weighted by atomic mass is 19.4. The number of hydrogen-bond donors (Lipinski definition) is 5. The predicted octanol–water partition coefficient (Wildman–Crippen LogP) is 4.13. The molecule has 13 heteroatoms. The number of hydrogen-bond acceptors (Lipinski definition) is 8. The molecule has 2 aliphatic heterocycles. The number of allylic oxidation sites excluding steroid dienone is 1. The van der Waals surface area contributed by atoms with Crippen molar-refractivity contribution in [3.8, 4) is 0 Å². The Kier molecular flexibility index (Phi) is 7.39. The van der Waals surface area contributed by atoms with E-state index >= 15 is 4.39 Å². The fraction of sp³-hybridized carbons (Fsp3) is 0.231. The fourth-order valence-corrected chi connectivity index (χ4v) is 3.82. The lowest BCUT2D eigenvalue weighted by Crippen LogP contribution is -2.35. The maximum Gasteiger partial charge on any atom is 0.416 e. The summed E-state index contributed by atoms with van der Waals surface area (Å²) in [6, 6.07) is 8.63. The Morgan fingerprint density at radius 1 is 1.18 bits per heavy atom. The Labute approximate surface area is 221 Å². The summed E-state index contributed by atoms with van der Waals surface area (Å²) in [7, 11) is 1.58. The first-order chi connectivity index (χ1) is 18.2. The number of nitrogens with zero attached hydrogens (tertiary/aromatic N) is 3. The molecule has 0 spiro atoms. The van der Waals surface area contributed by atoms with Crippen molar-refractivity contribution in [2.75, 3.05) is 12.4 Å².